The van der Waals surface area contributed by atoms with Crippen molar-refractivity contribution in [3.63, 3.8) is 0 Å². The van der Waals surface area contributed by atoms with Crippen molar-refractivity contribution >= 4 is 31.5 Å². The van der Waals surface area contributed by atoms with Crippen LogP contribution in [0.25, 0.3) is 0 Å². The first-order chi connectivity index (χ1) is 12.1. The quantitative estimate of drug-likeness (QED) is 0.642. The highest BCUT2D eigenvalue weighted by atomic mass is 32.2. The van der Waals surface area contributed by atoms with Gasteiger partial charge >= 0.3 is 0 Å². The summed E-state index contributed by atoms with van der Waals surface area (Å²) in [5.74, 6) is -0.700. The number of aliphatic hydroxyl groups is 1. The van der Waals surface area contributed by atoms with Gasteiger partial charge in [0.1, 0.15) is 10.6 Å². The number of hydrogen-bond acceptors (Lipinski definition) is 7. The largest absolute Gasteiger partial charge is 0.495 e. The molecule has 1 amide bonds. The van der Waals surface area contributed by atoms with Crippen molar-refractivity contribution in [2.75, 3.05) is 37.1 Å². The standard InChI is InChI=1S/C15H22N2O7S2/c1-11(19)16-12-3-4-14(24-2)15(9-12)26(22,23)17(6-7-18)13-5-8-25(20,21)10-13/h3-4,9,13,18H,5-8,10H2,1-2H3,(H,16,19)/t13-/m0/s1. The minimum absolute atomic E-state index is 0.0582. The van der Waals surface area contributed by atoms with Crippen LogP contribution in [0.3, 0.4) is 0 Å². The van der Waals surface area contributed by atoms with Gasteiger partial charge < -0.3 is 15.2 Å². The number of carbonyl (C=O) groups is 1. The Labute approximate surface area is 152 Å². The van der Waals surface area contributed by atoms with Gasteiger partial charge in [0.2, 0.25) is 15.9 Å². The van der Waals surface area contributed by atoms with Gasteiger partial charge in [-0.1, -0.05) is 0 Å². The monoisotopic (exact) mass is 406 g/mol. The van der Waals surface area contributed by atoms with Crippen LogP contribution in [0.5, 0.6) is 5.75 Å². The molecule has 2 N–H and O–H groups in total. The van der Waals surface area contributed by atoms with E-state index in [1.807, 2.05) is 0 Å². The molecule has 0 aliphatic carbocycles. The number of carbonyl (C=O) groups excluding carboxylic acids is 1. The van der Waals surface area contributed by atoms with Gasteiger partial charge in [-0.25, -0.2) is 16.8 Å². The molecular weight excluding hydrogens is 384 g/mol. The number of amides is 1. The highest BCUT2D eigenvalue weighted by Crippen LogP contribution is 2.32. The molecule has 2 rings (SSSR count). The molecule has 1 atom stereocenters. The molecule has 1 heterocycles. The van der Waals surface area contributed by atoms with Gasteiger partial charge in [0, 0.05) is 25.2 Å². The second kappa shape index (κ2) is 7.91. The van der Waals surface area contributed by atoms with Crippen molar-refractivity contribution in [3.8, 4) is 5.75 Å². The fraction of sp³-hybridized carbons (Fsp3) is 0.533. The Hall–Kier alpha value is -1.69. The summed E-state index contributed by atoms with van der Waals surface area (Å²) in [7, 11) is -6.17. The molecule has 0 bridgehead atoms. The molecule has 146 valence electrons. The molecule has 0 aromatic heterocycles. The zero-order valence-corrected chi connectivity index (χ0v) is 16.1. The number of sulfonamides is 1. The molecule has 1 aromatic rings. The maximum absolute atomic E-state index is 13.2. The van der Waals surface area contributed by atoms with Gasteiger partial charge in [0.15, 0.2) is 9.84 Å². The van der Waals surface area contributed by atoms with Gasteiger partial charge in [-0.05, 0) is 24.6 Å². The Morgan fingerprint density at radius 1 is 1.42 bits per heavy atom. The minimum Gasteiger partial charge on any atom is -0.495 e. The number of rotatable bonds is 7. The fourth-order valence-corrected chi connectivity index (χ4v) is 6.54. The average Bonchev–Trinajstić information content (AvgIpc) is 2.91. The van der Waals surface area contributed by atoms with E-state index >= 15 is 0 Å². The van der Waals surface area contributed by atoms with Crippen molar-refractivity contribution in [1.82, 2.24) is 4.31 Å². The molecule has 0 unspecified atom stereocenters. The van der Waals surface area contributed by atoms with Crippen LogP contribution < -0.4 is 10.1 Å². The van der Waals surface area contributed by atoms with Crippen molar-refractivity contribution < 1.29 is 31.5 Å². The van der Waals surface area contributed by atoms with Gasteiger partial charge in [0.05, 0.1) is 25.2 Å². The number of anilines is 1. The average molecular weight is 406 g/mol. The molecule has 1 aromatic carbocycles. The molecule has 0 saturated carbocycles. The number of nitrogens with one attached hydrogen (secondary N) is 1. The van der Waals surface area contributed by atoms with Gasteiger partial charge in [-0.2, -0.15) is 4.31 Å². The van der Waals surface area contributed by atoms with Gasteiger partial charge in [0.25, 0.3) is 0 Å². The summed E-state index contributed by atoms with van der Waals surface area (Å²) in [4.78, 5) is 11.0. The Morgan fingerprint density at radius 3 is 2.62 bits per heavy atom. The van der Waals surface area contributed by atoms with Crippen molar-refractivity contribution in [2.45, 2.75) is 24.3 Å². The second-order valence-corrected chi connectivity index (χ2v) is 10.0. The Bertz CT molecular complexity index is 881. The van der Waals surface area contributed by atoms with E-state index in [1.54, 1.807) is 0 Å². The van der Waals surface area contributed by atoms with Crippen LogP contribution in [-0.4, -0.2) is 70.0 Å². The topological polar surface area (TPSA) is 130 Å². The maximum atomic E-state index is 13.2. The third-order valence-electron chi connectivity index (χ3n) is 4.01. The molecule has 1 aliphatic heterocycles. The van der Waals surface area contributed by atoms with E-state index in [0.717, 1.165) is 4.31 Å². The molecule has 1 aliphatic rings. The highest BCUT2D eigenvalue weighted by Gasteiger charge is 2.39. The van der Waals surface area contributed by atoms with Crippen LogP contribution in [0.1, 0.15) is 13.3 Å². The zero-order valence-electron chi connectivity index (χ0n) is 14.5. The SMILES string of the molecule is COc1ccc(NC(C)=O)cc1S(=O)(=O)N(CCO)[C@H]1CCS(=O)(=O)C1. The number of methoxy groups -OCH3 is 1. The molecule has 1 fully saturated rings. The van der Waals surface area contributed by atoms with E-state index in [2.05, 4.69) is 5.32 Å². The summed E-state index contributed by atoms with van der Waals surface area (Å²) in [6, 6.07) is 3.39. The smallest absolute Gasteiger partial charge is 0.247 e. The lowest BCUT2D eigenvalue weighted by Crippen LogP contribution is -2.42. The minimum atomic E-state index is -4.17. The number of benzene rings is 1. The molecule has 0 radical (unpaired) electrons. The van der Waals surface area contributed by atoms with Gasteiger partial charge in [-0.3, -0.25) is 4.79 Å². The first kappa shape index (κ1) is 20.6. The number of ether oxygens (including phenoxy) is 1. The summed E-state index contributed by atoms with van der Waals surface area (Å²) < 4.78 is 56.0. The van der Waals surface area contributed by atoms with E-state index in [0.29, 0.717) is 0 Å². The fourth-order valence-electron chi connectivity index (χ4n) is 2.89. The lowest BCUT2D eigenvalue weighted by Gasteiger charge is -2.27. The van der Waals surface area contributed by atoms with E-state index in [-0.39, 0.29) is 46.7 Å². The van der Waals surface area contributed by atoms with E-state index in [1.165, 1.54) is 32.2 Å². The maximum Gasteiger partial charge on any atom is 0.247 e. The molecule has 0 spiro atoms. The van der Waals surface area contributed by atoms with E-state index in [9.17, 15) is 26.7 Å². The summed E-state index contributed by atoms with van der Waals surface area (Å²) in [6.07, 6.45) is 0.162. The van der Waals surface area contributed by atoms with E-state index < -0.39 is 32.5 Å². The first-order valence-electron chi connectivity index (χ1n) is 7.89. The summed E-state index contributed by atoms with van der Waals surface area (Å²) in [5, 5.41) is 11.8. The first-order valence-corrected chi connectivity index (χ1v) is 11.2. The van der Waals surface area contributed by atoms with Crippen molar-refractivity contribution in [2.24, 2.45) is 0 Å². The predicted octanol–water partition coefficient (Wildman–Crippen LogP) is -0.176. The zero-order chi connectivity index (χ0) is 19.5. The number of nitrogens with zero attached hydrogens (tertiary/aromatic N) is 1. The van der Waals surface area contributed by atoms with Crippen LogP contribution in [0.4, 0.5) is 5.69 Å². The van der Waals surface area contributed by atoms with Crippen molar-refractivity contribution in [1.29, 1.82) is 0 Å². The Morgan fingerprint density at radius 2 is 2.12 bits per heavy atom. The third kappa shape index (κ3) is 4.53. The normalized spacial score (nSPS) is 19.5. The third-order valence-corrected chi connectivity index (χ3v) is 7.73. The Balaban J connectivity index is 2.49. The summed E-state index contributed by atoms with van der Waals surface area (Å²) in [6.45, 7) is 0.597. The molecular formula is C15H22N2O7S2. The molecule has 11 heteroatoms. The van der Waals surface area contributed by atoms with Crippen LogP contribution in [0, 0.1) is 0 Å². The highest BCUT2D eigenvalue weighted by molar-refractivity contribution is 7.92. The van der Waals surface area contributed by atoms with Crippen molar-refractivity contribution in [3.05, 3.63) is 18.2 Å². The van der Waals surface area contributed by atoms with Crippen LogP contribution >= 0.6 is 0 Å². The summed E-state index contributed by atoms with van der Waals surface area (Å²) in [5.41, 5.74) is 0.264. The lowest BCUT2D eigenvalue weighted by molar-refractivity contribution is -0.114. The number of aliphatic hydroxyl groups excluding tert-OH is 1. The van der Waals surface area contributed by atoms with Crippen LogP contribution in [0.15, 0.2) is 23.1 Å². The number of hydrogen-bond donors (Lipinski definition) is 2. The summed E-state index contributed by atoms with van der Waals surface area (Å²) >= 11 is 0. The molecule has 1 saturated heterocycles. The van der Waals surface area contributed by atoms with E-state index in [4.69, 9.17) is 4.74 Å². The lowest BCUT2D eigenvalue weighted by atomic mass is 10.3. The van der Waals surface area contributed by atoms with Crippen LogP contribution in [0.2, 0.25) is 0 Å². The molecule has 26 heavy (non-hydrogen) atoms. The van der Waals surface area contributed by atoms with Gasteiger partial charge in [-0.15, -0.1) is 0 Å². The van der Waals surface area contributed by atoms with Crippen LogP contribution in [-0.2, 0) is 24.7 Å². The second-order valence-electron chi connectivity index (χ2n) is 5.94. The predicted molar refractivity (Wildman–Crippen MR) is 95.3 cm³/mol. The molecule has 9 nitrogen and oxygen atoms in total. The number of sulfone groups is 1. The Kier molecular flexibility index (Phi) is 6.27.